The van der Waals surface area contributed by atoms with Gasteiger partial charge in [-0.2, -0.15) is 5.26 Å². The summed E-state index contributed by atoms with van der Waals surface area (Å²) in [5.41, 5.74) is 1.86. The zero-order valence-corrected chi connectivity index (χ0v) is 11.1. The summed E-state index contributed by atoms with van der Waals surface area (Å²) in [7, 11) is 0. The average Bonchev–Trinajstić information content (AvgIpc) is 2.73. The van der Waals surface area contributed by atoms with Gasteiger partial charge in [-0.05, 0) is 12.8 Å². The van der Waals surface area contributed by atoms with E-state index in [2.05, 4.69) is 6.07 Å². The minimum absolute atomic E-state index is 0.335. The average molecular weight is 269 g/mol. The van der Waals surface area contributed by atoms with Crippen LogP contribution < -0.4 is 9.47 Å². The predicted molar refractivity (Wildman–Crippen MR) is 72.9 cm³/mol. The molecule has 102 valence electrons. The molecule has 0 amide bonds. The molecule has 2 aromatic rings. The molecule has 2 heterocycles. The lowest BCUT2D eigenvalue weighted by Gasteiger charge is -2.25. The molecule has 4 rings (SSSR count). The number of hydrogen-bond donors (Lipinski definition) is 0. The molecule has 1 saturated carbocycles. The van der Waals surface area contributed by atoms with Crippen molar-refractivity contribution in [3.63, 3.8) is 0 Å². The molecule has 1 aliphatic carbocycles. The topological polar surface area (TPSA) is 60.1 Å². The second-order valence-electron chi connectivity index (χ2n) is 5.33. The van der Waals surface area contributed by atoms with Crippen LogP contribution in [0.5, 0.6) is 11.5 Å². The van der Waals surface area contributed by atoms with Gasteiger partial charge in [0.15, 0.2) is 11.5 Å². The highest BCUT2D eigenvalue weighted by molar-refractivity contribution is 5.81. The molecule has 0 atom stereocenters. The van der Waals surface area contributed by atoms with Crippen LogP contribution in [0.4, 0.5) is 0 Å². The van der Waals surface area contributed by atoms with Gasteiger partial charge in [0.1, 0.15) is 25.6 Å². The number of nitrogens with zero attached hydrogens (tertiary/aromatic N) is 3. The van der Waals surface area contributed by atoms with Crippen molar-refractivity contribution in [1.82, 2.24) is 9.55 Å². The van der Waals surface area contributed by atoms with Gasteiger partial charge in [-0.3, -0.25) is 0 Å². The lowest BCUT2D eigenvalue weighted by molar-refractivity contribution is 0.172. The van der Waals surface area contributed by atoms with Crippen molar-refractivity contribution in [3.05, 3.63) is 18.0 Å². The van der Waals surface area contributed by atoms with E-state index in [1.807, 2.05) is 16.7 Å². The molecule has 0 radical (unpaired) electrons. The molecule has 2 aliphatic rings. The van der Waals surface area contributed by atoms with Crippen LogP contribution in [0.15, 0.2) is 12.1 Å². The molecule has 1 aromatic heterocycles. The second-order valence-corrected chi connectivity index (χ2v) is 5.33. The lowest BCUT2D eigenvalue weighted by atomic mass is 9.85. The molecular weight excluding hydrogens is 254 g/mol. The lowest BCUT2D eigenvalue weighted by Crippen LogP contribution is -2.16. The summed E-state index contributed by atoms with van der Waals surface area (Å²) in [5.74, 6) is 3.04. The highest BCUT2D eigenvalue weighted by Gasteiger charge is 2.26. The van der Waals surface area contributed by atoms with Crippen molar-refractivity contribution >= 4 is 11.0 Å². The van der Waals surface area contributed by atoms with E-state index in [1.165, 1.54) is 19.3 Å². The van der Waals surface area contributed by atoms with Crippen molar-refractivity contribution in [2.24, 2.45) is 0 Å². The maximum Gasteiger partial charge on any atom is 0.163 e. The Labute approximate surface area is 116 Å². The highest BCUT2D eigenvalue weighted by atomic mass is 16.6. The van der Waals surface area contributed by atoms with E-state index in [1.54, 1.807) is 0 Å². The Morgan fingerprint density at radius 1 is 1.25 bits per heavy atom. The van der Waals surface area contributed by atoms with Crippen LogP contribution in [-0.2, 0) is 6.54 Å². The molecule has 0 unspecified atom stereocenters. The number of imidazole rings is 1. The van der Waals surface area contributed by atoms with Gasteiger partial charge < -0.3 is 14.0 Å². The van der Waals surface area contributed by atoms with Crippen LogP contribution in [0.3, 0.4) is 0 Å². The van der Waals surface area contributed by atoms with Gasteiger partial charge in [-0.1, -0.05) is 6.42 Å². The van der Waals surface area contributed by atoms with Crippen molar-refractivity contribution in [3.8, 4) is 17.6 Å². The summed E-state index contributed by atoms with van der Waals surface area (Å²) >= 11 is 0. The fourth-order valence-corrected chi connectivity index (χ4v) is 2.90. The Balaban J connectivity index is 1.90. The quantitative estimate of drug-likeness (QED) is 0.840. The summed E-state index contributed by atoms with van der Waals surface area (Å²) in [6, 6.07) is 6.12. The fraction of sp³-hybridized carbons (Fsp3) is 0.467. The number of ether oxygens (including phenoxy) is 2. The number of nitriles is 1. The molecule has 1 fully saturated rings. The number of hydrogen-bond acceptors (Lipinski definition) is 4. The smallest absolute Gasteiger partial charge is 0.163 e. The predicted octanol–water partition coefficient (Wildman–Crippen LogP) is 2.60. The van der Waals surface area contributed by atoms with E-state index in [4.69, 9.17) is 19.7 Å². The first-order chi connectivity index (χ1) is 9.86. The molecule has 0 bridgehead atoms. The normalized spacial score (nSPS) is 17.8. The summed E-state index contributed by atoms with van der Waals surface area (Å²) in [6.45, 7) is 1.48. The minimum Gasteiger partial charge on any atom is -0.486 e. The van der Waals surface area contributed by atoms with E-state index in [9.17, 15) is 0 Å². The zero-order chi connectivity index (χ0) is 13.5. The molecule has 0 saturated heterocycles. The standard InChI is InChI=1S/C15H15N3O2/c16-4-5-18-12-9-14-13(19-6-7-20-14)8-11(12)17-15(18)10-2-1-3-10/h8-10H,1-3,5-7H2. The largest absolute Gasteiger partial charge is 0.486 e. The van der Waals surface area contributed by atoms with Crippen LogP contribution in [0.1, 0.15) is 31.0 Å². The van der Waals surface area contributed by atoms with Crippen molar-refractivity contribution in [2.45, 2.75) is 31.7 Å². The van der Waals surface area contributed by atoms with Gasteiger partial charge >= 0.3 is 0 Å². The Morgan fingerprint density at radius 2 is 2.00 bits per heavy atom. The van der Waals surface area contributed by atoms with E-state index in [-0.39, 0.29) is 0 Å². The number of rotatable bonds is 2. The van der Waals surface area contributed by atoms with Crippen molar-refractivity contribution < 1.29 is 9.47 Å². The van der Waals surface area contributed by atoms with E-state index >= 15 is 0 Å². The van der Waals surface area contributed by atoms with Crippen LogP contribution in [0, 0.1) is 11.3 Å². The second kappa shape index (κ2) is 4.41. The first-order valence-corrected chi connectivity index (χ1v) is 7.03. The van der Waals surface area contributed by atoms with Gasteiger partial charge in [-0.25, -0.2) is 4.98 Å². The summed E-state index contributed by atoms with van der Waals surface area (Å²) in [4.78, 5) is 4.74. The number of benzene rings is 1. The SMILES string of the molecule is N#CCn1c(C2CCC2)nc2cc3c(cc21)OCCO3. The van der Waals surface area contributed by atoms with Gasteiger partial charge in [0.25, 0.3) is 0 Å². The van der Waals surface area contributed by atoms with Gasteiger partial charge in [0, 0.05) is 18.1 Å². The Hall–Kier alpha value is -2.22. The molecular formula is C15H15N3O2. The first-order valence-electron chi connectivity index (χ1n) is 7.03. The summed E-state index contributed by atoms with van der Waals surface area (Å²) in [6.07, 6.45) is 3.59. The van der Waals surface area contributed by atoms with E-state index < -0.39 is 0 Å². The maximum atomic E-state index is 9.08. The summed E-state index contributed by atoms with van der Waals surface area (Å²) < 4.78 is 13.3. The highest BCUT2D eigenvalue weighted by Crippen LogP contribution is 2.40. The van der Waals surface area contributed by atoms with Crippen LogP contribution in [0.25, 0.3) is 11.0 Å². The first kappa shape index (κ1) is 11.6. The van der Waals surface area contributed by atoms with Gasteiger partial charge in [-0.15, -0.1) is 0 Å². The minimum atomic E-state index is 0.335. The molecule has 1 aliphatic heterocycles. The fourth-order valence-electron chi connectivity index (χ4n) is 2.90. The van der Waals surface area contributed by atoms with E-state index in [0.29, 0.717) is 25.7 Å². The molecule has 5 nitrogen and oxygen atoms in total. The third-order valence-corrected chi connectivity index (χ3v) is 4.14. The maximum absolute atomic E-state index is 9.08. The molecule has 5 heteroatoms. The third kappa shape index (κ3) is 1.64. The zero-order valence-electron chi connectivity index (χ0n) is 11.1. The molecule has 1 aromatic carbocycles. The third-order valence-electron chi connectivity index (χ3n) is 4.14. The van der Waals surface area contributed by atoms with Crippen molar-refractivity contribution in [2.75, 3.05) is 13.2 Å². The van der Waals surface area contributed by atoms with Gasteiger partial charge in [0.05, 0.1) is 17.1 Å². The van der Waals surface area contributed by atoms with Crippen LogP contribution in [-0.4, -0.2) is 22.8 Å². The molecule has 0 N–H and O–H groups in total. The summed E-state index contributed by atoms with van der Waals surface area (Å²) in [5, 5.41) is 9.08. The Morgan fingerprint density at radius 3 is 2.65 bits per heavy atom. The van der Waals surface area contributed by atoms with E-state index in [0.717, 1.165) is 28.4 Å². The van der Waals surface area contributed by atoms with Crippen molar-refractivity contribution in [1.29, 1.82) is 5.26 Å². The molecule has 0 spiro atoms. The Kier molecular flexibility index (Phi) is 2.56. The monoisotopic (exact) mass is 269 g/mol. The number of aromatic nitrogens is 2. The number of fused-ring (bicyclic) bond motifs is 2. The van der Waals surface area contributed by atoms with Gasteiger partial charge in [0.2, 0.25) is 0 Å². The van der Waals surface area contributed by atoms with Crippen LogP contribution in [0.2, 0.25) is 0 Å². The Bertz CT molecular complexity index is 710. The molecule has 20 heavy (non-hydrogen) atoms. The van der Waals surface area contributed by atoms with Crippen LogP contribution >= 0.6 is 0 Å².